The van der Waals surface area contributed by atoms with Crippen molar-refractivity contribution in [3.8, 4) is 10.6 Å². The zero-order valence-corrected chi connectivity index (χ0v) is 16.7. The number of hydrogen-bond donors (Lipinski definition) is 0. The van der Waals surface area contributed by atoms with Crippen LogP contribution < -0.4 is 4.90 Å². The number of aromatic nitrogens is 2. The molecule has 3 aromatic rings. The summed E-state index contributed by atoms with van der Waals surface area (Å²) in [5.74, 6) is -0.118. The summed E-state index contributed by atoms with van der Waals surface area (Å²) < 4.78 is 0. The van der Waals surface area contributed by atoms with Crippen molar-refractivity contribution < 1.29 is 4.79 Å². The van der Waals surface area contributed by atoms with E-state index in [1.807, 2.05) is 48.5 Å². The molecule has 1 amide bonds. The molecule has 0 fully saturated rings. The van der Waals surface area contributed by atoms with E-state index in [1.54, 1.807) is 7.05 Å². The Morgan fingerprint density at radius 2 is 1.69 bits per heavy atom. The lowest BCUT2D eigenvalue weighted by Crippen LogP contribution is -2.26. The molecule has 0 spiro atoms. The minimum absolute atomic E-state index is 0.0521. The molecular formula is C20H20ClN3OS. The molecule has 0 saturated carbocycles. The van der Waals surface area contributed by atoms with E-state index in [0.717, 1.165) is 5.56 Å². The van der Waals surface area contributed by atoms with Crippen LogP contribution in [0.15, 0.2) is 48.5 Å². The van der Waals surface area contributed by atoms with Crippen LogP contribution in [0.4, 0.5) is 5.13 Å². The van der Waals surface area contributed by atoms with Gasteiger partial charge in [-0.05, 0) is 29.2 Å². The molecule has 3 rings (SSSR count). The lowest BCUT2D eigenvalue weighted by atomic mass is 9.86. The van der Waals surface area contributed by atoms with Gasteiger partial charge in [-0.2, -0.15) is 0 Å². The fraction of sp³-hybridized carbons (Fsp3) is 0.250. The Morgan fingerprint density at radius 3 is 2.31 bits per heavy atom. The van der Waals surface area contributed by atoms with Crippen LogP contribution >= 0.6 is 22.9 Å². The number of amides is 1. The van der Waals surface area contributed by atoms with Crippen molar-refractivity contribution >= 4 is 34.0 Å². The summed E-state index contributed by atoms with van der Waals surface area (Å²) in [6, 6.07) is 15.2. The normalized spacial score (nSPS) is 11.4. The van der Waals surface area contributed by atoms with Crippen LogP contribution in [0.2, 0.25) is 5.02 Å². The summed E-state index contributed by atoms with van der Waals surface area (Å²) >= 11 is 7.55. The second-order valence-electron chi connectivity index (χ2n) is 7.06. The number of anilines is 1. The largest absolute Gasteiger partial charge is 0.286 e. The number of nitrogens with zero attached hydrogens (tertiary/aromatic N) is 3. The number of halogens is 1. The fourth-order valence-corrected chi connectivity index (χ4v) is 3.61. The highest BCUT2D eigenvalue weighted by Gasteiger charge is 2.20. The van der Waals surface area contributed by atoms with Gasteiger partial charge in [0.1, 0.15) is 0 Å². The van der Waals surface area contributed by atoms with Crippen LogP contribution in [0.5, 0.6) is 0 Å². The molecule has 6 heteroatoms. The van der Waals surface area contributed by atoms with Crippen LogP contribution in [0.25, 0.3) is 10.6 Å². The fourth-order valence-electron chi connectivity index (χ4n) is 2.49. The summed E-state index contributed by atoms with van der Waals surface area (Å²) in [5.41, 5.74) is 2.67. The van der Waals surface area contributed by atoms with Crippen LogP contribution in [0.3, 0.4) is 0 Å². The van der Waals surface area contributed by atoms with E-state index in [0.29, 0.717) is 20.7 Å². The van der Waals surface area contributed by atoms with Gasteiger partial charge < -0.3 is 0 Å². The summed E-state index contributed by atoms with van der Waals surface area (Å²) in [5, 5.41) is 10.2. The van der Waals surface area contributed by atoms with E-state index in [9.17, 15) is 4.79 Å². The van der Waals surface area contributed by atoms with Gasteiger partial charge in [-0.3, -0.25) is 9.69 Å². The maximum atomic E-state index is 12.8. The first-order chi connectivity index (χ1) is 12.3. The van der Waals surface area contributed by atoms with Crippen LogP contribution in [0, 0.1) is 0 Å². The van der Waals surface area contributed by atoms with E-state index in [-0.39, 0.29) is 11.3 Å². The summed E-state index contributed by atoms with van der Waals surface area (Å²) in [4.78, 5) is 14.3. The van der Waals surface area contributed by atoms with Crippen molar-refractivity contribution in [1.82, 2.24) is 10.2 Å². The predicted octanol–water partition coefficient (Wildman–Crippen LogP) is 5.43. The maximum Gasteiger partial charge on any atom is 0.259 e. The highest BCUT2D eigenvalue weighted by Crippen LogP contribution is 2.33. The Labute approximate surface area is 162 Å². The summed E-state index contributed by atoms with van der Waals surface area (Å²) in [7, 11) is 1.71. The van der Waals surface area contributed by atoms with Gasteiger partial charge in [0.05, 0.1) is 5.02 Å². The van der Waals surface area contributed by atoms with Gasteiger partial charge >= 0.3 is 0 Å². The lowest BCUT2D eigenvalue weighted by Gasteiger charge is -2.19. The molecule has 26 heavy (non-hydrogen) atoms. The molecule has 1 heterocycles. The molecule has 0 aliphatic carbocycles. The molecule has 0 bridgehead atoms. The van der Waals surface area contributed by atoms with Crippen molar-refractivity contribution in [2.24, 2.45) is 0 Å². The van der Waals surface area contributed by atoms with Crippen molar-refractivity contribution in [2.45, 2.75) is 26.2 Å². The smallest absolute Gasteiger partial charge is 0.259 e. The summed E-state index contributed by atoms with van der Waals surface area (Å²) in [6.07, 6.45) is 0. The minimum Gasteiger partial charge on any atom is -0.286 e. The second kappa shape index (κ2) is 7.17. The quantitative estimate of drug-likeness (QED) is 0.603. The Balaban J connectivity index is 1.82. The molecular weight excluding hydrogens is 366 g/mol. The van der Waals surface area contributed by atoms with Crippen molar-refractivity contribution in [3.05, 3.63) is 64.7 Å². The van der Waals surface area contributed by atoms with Crippen LogP contribution in [-0.2, 0) is 5.41 Å². The van der Waals surface area contributed by atoms with Gasteiger partial charge in [-0.15, -0.1) is 10.2 Å². The molecule has 0 aliphatic rings. The molecule has 0 atom stereocenters. The standard InChI is InChI=1S/C20H20ClN3OS/c1-20(2,3)14-11-9-13(10-12-14)18(25)24(4)19-23-22-17(26-19)15-7-5-6-8-16(15)21/h5-12H,1-4H3. The number of carbonyl (C=O) groups excluding carboxylic acids is 1. The third-order valence-electron chi connectivity index (χ3n) is 4.11. The second-order valence-corrected chi connectivity index (χ2v) is 8.42. The topological polar surface area (TPSA) is 46.1 Å². The summed E-state index contributed by atoms with van der Waals surface area (Å²) in [6.45, 7) is 6.44. The van der Waals surface area contributed by atoms with Crippen molar-refractivity contribution in [1.29, 1.82) is 0 Å². The molecule has 0 aliphatic heterocycles. The van der Waals surface area contributed by atoms with Crippen molar-refractivity contribution in [3.63, 3.8) is 0 Å². The van der Waals surface area contributed by atoms with Gasteiger partial charge in [-0.25, -0.2) is 0 Å². The maximum absolute atomic E-state index is 12.8. The highest BCUT2D eigenvalue weighted by atomic mass is 35.5. The molecule has 0 saturated heterocycles. The lowest BCUT2D eigenvalue weighted by molar-refractivity contribution is 0.0993. The molecule has 4 nitrogen and oxygen atoms in total. The zero-order valence-electron chi connectivity index (χ0n) is 15.2. The van der Waals surface area contributed by atoms with E-state index in [2.05, 4.69) is 31.0 Å². The van der Waals surface area contributed by atoms with Gasteiger partial charge in [0.2, 0.25) is 5.13 Å². The van der Waals surface area contributed by atoms with Crippen LogP contribution in [-0.4, -0.2) is 23.2 Å². The van der Waals surface area contributed by atoms with E-state index in [4.69, 9.17) is 11.6 Å². The number of hydrogen-bond acceptors (Lipinski definition) is 4. The van der Waals surface area contributed by atoms with E-state index >= 15 is 0 Å². The first kappa shape index (κ1) is 18.5. The number of rotatable bonds is 3. The Hall–Kier alpha value is -2.24. The van der Waals surface area contributed by atoms with Crippen LogP contribution in [0.1, 0.15) is 36.7 Å². The van der Waals surface area contributed by atoms with Gasteiger partial charge in [0, 0.05) is 18.2 Å². The number of carbonyl (C=O) groups is 1. The molecule has 2 aromatic carbocycles. The van der Waals surface area contributed by atoms with Gasteiger partial charge in [-0.1, -0.05) is 74.0 Å². The molecule has 0 radical (unpaired) electrons. The third-order valence-corrected chi connectivity index (χ3v) is 5.47. The monoisotopic (exact) mass is 385 g/mol. The first-order valence-electron chi connectivity index (χ1n) is 8.24. The zero-order chi connectivity index (χ0) is 18.9. The van der Waals surface area contributed by atoms with E-state index in [1.165, 1.54) is 21.8 Å². The molecule has 0 unspecified atom stereocenters. The Kier molecular flexibility index (Phi) is 5.12. The third kappa shape index (κ3) is 3.79. The Bertz CT molecular complexity index is 929. The molecule has 0 N–H and O–H groups in total. The molecule has 1 aromatic heterocycles. The Morgan fingerprint density at radius 1 is 1.04 bits per heavy atom. The first-order valence-corrected chi connectivity index (χ1v) is 9.44. The SMILES string of the molecule is CN(C(=O)c1ccc(C(C)(C)C)cc1)c1nnc(-c2ccccc2Cl)s1. The van der Waals surface area contributed by atoms with E-state index < -0.39 is 0 Å². The highest BCUT2D eigenvalue weighted by molar-refractivity contribution is 7.18. The average molecular weight is 386 g/mol. The molecule has 134 valence electrons. The minimum atomic E-state index is -0.118. The van der Waals surface area contributed by atoms with Gasteiger partial charge in [0.15, 0.2) is 5.01 Å². The number of benzene rings is 2. The average Bonchev–Trinajstić information content (AvgIpc) is 3.10. The van der Waals surface area contributed by atoms with Gasteiger partial charge in [0.25, 0.3) is 5.91 Å². The predicted molar refractivity (Wildman–Crippen MR) is 108 cm³/mol. The van der Waals surface area contributed by atoms with Crippen molar-refractivity contribution in [2.75, 3.05) is 11.9 Å².